The maximum atomic E-state index is 13.6. The van der Waals surface area contributed by atoms with Gasteiger partial charge in [-0.25, -0.2) is 4.98 Å². The molecule has 0 saturated carbocycles. The second-order valence-corrected chi connectivity index (χ2v) is 8.05. The highest BCUT2D eigenvalue weighted by Gasteiger charge is 2.60. The largest absolute Gasteiger partial charge is 0.466 e. The molecule has 10 heteroatoms. The summed E-state index contributed by atoms with van der Waals surface area (Å²) in [6.07, 6.45) is 0.340. The molecule has 9 nitrogen and oxygen atoms in total. The molecule has 2 aliphatic heterocycles. The van der Waals surface area contributed by atoms with Crippen LogP contribution in [-0.2, 0) is 25.5 Å². The molecule has 1 saturated heterocycles. The number of nitrogens with one attached hydrogen (secondary N) is 1. The fourth-order valence-corrected chi connectivity index (χ4v) is 4.91. The quantitative estimate of drug-likeness (QED) is 0.687. The van der Waals surface area contributed by atoms with E-state index in [1.165, 1.54) is 21.1 Å². The fraction of sp³-hybridized carbons (Fsp3) is 0.381. The molecule has 1 aromatic carbocycles. The SMILES string of the molecule is CCOC(=O)Cc1csc(NC(=O)C23CCC(=O)N2c2ccccc2C(=O)N3CC)n1. The van der Waals surface area contributed by atoms with Gasteiger partial charge in [0.05, 0.1) is 30.0 Å². The van der Waals surface area contributed by atoms with Crippen molar-refractivity contribution in [1.29, 1.82) is 0 Å². The van der Waals surface area contributed by atoms with Gasteiger partial charge in [-0.3, -0.25) is 29.4 Å². The van der Waals surface area contributed by atoms with Gasteiger partial charge in [-0.15, -0.1) is 11.3 Å². The molecular formula is C21H22N4O5S. The van der Waals surface area contributed by atoms with Crippen LogP contribution in [0.4, 0.5) is 10.8 Å². The van der Waals surface area contributed by atoms with Crippen molar-refractivity contribution < 1.29 is 23.9 Å². The van der Waals surface area contributed by atoms with Crippen molar-refractivity contribution in [3.05, 3.63) is 40.9 Å². The van der Waals surface area contributed by atoms with E-state index in [0.717, 1.165) is 0 Å². The van der Waals surface area contributed by atoms with Crippen molar-refractivity contribution in [3.8, 4) is 0 Å². The Labute approximate surface area is 183 Å². The van der Waals surface area contributed by atoms with Crippen molar-refractivity contribution in [3.63, 3.8) is 0 Å². The van der Waals surface area contributed by atoms with E-state index in [-0.39, 0.29) is 44.2 Å². The molecule has 31 heavy (non-hydrogen) atoms. The number of nitrogens with zero attached hydrogens (tertiary/aromatic N) is 3. The first-order chi connectivity index (χ1) is 14.9. The highest BCUT2D eigenvalue weighted by atomic mass is 32.1. The summed E-state index contributed by atoms with van der Waals surface area (Å²) < 4.78 is 4.92. The Kier molecular flexibility index (Phi) is 5.48. The molecule has 1 unspecified atom stereocenters. The van der Waals surface area contributed by atoms with E-state index < -0.39 is 17.5 Å². The third kappa shape index (κ3) is 3.36. The summed E-state index contributed by atoms with van der Waals surface area (Å²) in [5, 5.41) is 4.72. The van der Waals surface area contributed by atoms with Crippen LogP contribution in [0.15, 0.2) is 29.6 Å². The first kappa shape index (κ1) is 21.0. The molecule has 1 fully saturated rings. The van der Waals surface area contributed by atoms with Crippen LogP contribution in [-0.4, -0.2) is 52.4 Å². The molecule has 1 N–H and O–H groups in total. The lowest BCUT2D eigenvalue weighted by Gasteiger charge is -2.48. The molecule has 3 amide bonds. The minimum Gasteiger partial charge on any atom is -0.466 e. The van der Waals surface area contributed by atoms with Crippen LogP contribution >= 0.6 is 11.3 Å². The zero-order chi connectivity index (χ0) is 22.2. The van der Waals surface area contributed by atoms with Crippen LogP contribution in [0.1, 0.15) is 42.7 Å². The first-order valence-corrected chi connectivity index (χ1v) is 11.0. The van der Waals surface area contributed by atoms with E-state index in [1.54, 1.807) is 43.5 Å². The van der Waals surface area contributed by atoms with Gasteiger partial charge in [0.15, 0.2) is 5.13 Å². The van der Waals surface area contributed by atoms with Gasteiger partial charge in [-0.05, 0) is 26.0 Å². The molecule has 0 radical (unpaired) electrons. The van der Waals surface area contributed by atoms with Crippen molar-refractivity contribution in [2.24, 2.45) is 0 Å². The average molecular weight is 442 g/mol. The van der Waals surface area contributed by atoms with Gasteiger partial charge < -0.3 is 9.64 Å². The van der Waals surface area contributed by atoms with Crippen molar-refractivity contribution >= 4 is 45.8 Å². The number of esters is 1. The normalized spacial score (nSPS) is 19.8. The van der Waals surface area contributed by atoms with E-state index in [2.05, 4.69) is 10.3 Å². The lowest BCUT2D eigenvalue weighted by Crippen LogP contribution is -2.69. The highest BCUT2D eigenvalue weighted by Crippen LogP contribution is 2.44. The van der Waals surface area contributed by atoms with Gasteiger partial charge in [0, 0.05) is 24.8 Å². The maximum absolute atomic E-state index is 13.6. The zero-order valence-corrected chi connectivity index (χ0v) is 18.0. The van der Waals surface area contributed by atoms with Gasteiger partial charge in [0.25, 0.3) is 11.8 Å². The summed E-state index contributed by atoms with van der Waals surface area (Å²) in [4.78, 5) is 58.4. The predicted molar refractivity (Wildman–Crippen MR) is 114 cm³/mol. The van der Waals surface area contributed by atoms with Crippen molar-refractivity contribution in [1.82, 2.24) is 9.88 Å². The monoisotopic (exact) mass is 442 g/mol. The van der Waals surface area contributed by atoms with E-state index in [4.69, 9.17) is 4.74 Å². The molecule has 0 spiro atoms. The molecule has 0 aliphatic carbocycles. The second kappa shape index (κ2) is 8.10. The average Bonchev–Trinajstić information content (AvgIpc) is 3.33. The van der Waals surface area contributed by atoms with Gasteiger partial charge in [-0.1, -0.05) is 12.1 Å². The van der Waals surface area contributed by atoms with E-state index >= 15 is 0 Å². The summed E-state index contributed by atoms with van der Waals surface area (Å²) in [5.41, 5.74) is -0.136. The number of likely N-dealkylation sites (N-methyl/N-ethyl adjacent to an activating group) is 1. The lowest BCUT2D eigenvalue weighted by molar-refractivity contribution is -0.142. The smallest absolute Gasteiger partial charge is 0.311 e. The number of thiazole rings is 1. The van der Waals surface area contributed by atoms with Crippen LogP contribution in [0, 0.1) is 0 Å². The van der Waals surface area contributed by atoms with Gasteiger partial charge in [0.1, 0.15) is 0 Å². The van der Waals surface area contributed by atoms with Crippen LogP contribution in [0.3, 0.4) is 0 Å². The Balaban J connectivity index is 1.66. The third-order valence-corrected chi connectivity index (χ3v) is 6.26. The minimum atomic E-state index is -1.45. The van der Waals surface area contributed by atoms with E-state index in [9.17, 15) is 19.2 Å². The number of amides is 3. The van der Waals surface area contributed by atoms with Crippen molar-refractivity contribution in [2.75, 3.05) is 23.4 Å². The molecule has 3 heterocycles. The Morgan fingerprint density at radius 3 is 2.77 bits per heavy atom. The molecule has 2 aromatic rings. The number of anilines is 2. The van der Waals surface area contributed by atoms with Gasteiger partial charge in [-0.2, -0.15) is 0 Å². The highest BCUT2D eigenvalue weighted by molar-refractivity contribution is 7.14. The summed E-state index contributed by atoms with van der Waals surface area (Å²) in [6.45, 7) is 4.04. The molecule has 162 valence electrons. The molecular weight excluding hydrogens is 420 g/mol. The van der Waals surface area contributed by atoms with Crippen LogP contribution in [0.25, 0.3) is 0 Å². The van der Waals surface area contributed by atoms with Crippen LogP contribution < -0.4 is 10.2 Å². The zero-order valence-electron chi connectivity index (χ0n) is 17.2. The van der Waals surface area contributed by atoms with Crippen LogP contribution in [0.5, 0.6) is 0 Å². The minimum absolute atomic E-state index is 0.00289. The topological polar surface area (TPSA) is 109 Å². The number of carbonyl (C=O) groups is 4. The second-order valence-electron chi connectivity index (χ2n) is 7.19. The standard InChI is InChI=1S/C21H22N4O5S/c1-3-24-18(28)14-7-5-6-8-15(14)25-16(26)9-10-21(24,25)19(29)23-20-22-13(12-31-20)11-17(27)30-4-2/h5-8,12H,3-4,9-11H2,1-2H3,(H,22,23,29). The van der Waals surface area contributed by atoms with Crippen LogP contribution in [0.2, 0.25) is 0 Å². The molecule has 0 bridgehead atoms. The number of aromatic nitrogens is 1. The number of hydrogen-bond acceptors (Lipinski definition) is 7. The van der Waals surface area contributed by atoms with Crippen molar-refractivity contribution in [2.45, 2.75) is 38.8 Å². The lowest BCUT2D eigenvalue weighted by atomic mass is 9.95. The Morgan fingerprint density at radius 2 is 2.03 bits per heavy atom. The summed E-state index contributed by atoms with van der Waals surface area (Å²) >= 11 is 1.17. The number of ether oxygens (including phenoxy) is 1. The number of carbonyl (C=O) groups excluding carboxylic acids is 4. The molecule has 1 atom stereocenters. The number of hydrogen-bond donors (Lipinski definition) is 1. The third-order valence-electron chi connectivity index (χ3n) is 5.46. The Hall–Kier alpha value is -3.27. The molecule has 1 aromatic heterocycles. The first-order valence-electron chi connectivity index (χ1n) is 10.1. The summed E-state index contributed by atoms with van der Waals surface area (Å²) in [5.74, 6) is -1.40. The van der Waals surface area contributed by atoms with Gasteiger partial charge in [0.2, 0.25) is 11.6 Å². The number of para-hydroxylation sites is 1. The number of rotatable bonds is 6. The summed E-state index contributed by atoms with van der Waals surface area (Å²) in [7, 11) is 0. The Morgan fingerprint density at radius 1 is 1.26 bits per heavy atom. The number of fused-ring (bicyclic) bond motifs is 3. The molecule has 4 rings (SSSR count). The predicted octanol–water partition coefficient (Wildman–Crippen LogP) is 2.19. The summed E-state index contributed by atoms with van der Waals surface area (Å²) in [6, 6.07) is 6.83. The van der Waals surface area contributed by atoms with Gasteiger partial charge >= 0.3 is 5.97 Å². The fourth-order valence-electron chi connectivity index (χ4n) is 4.21. The number of benzene rings is 1. The Bertz CT molecular complexity index is 1070. The molecule has 2 aliphatic rings. The van der Waals surface area contributed by atoms with E-state index in [0.29, 0.717) is 22.1 Å². The maximum Gasteiger partial charge on any atom is 0.311 e. The van der Waals surface area contributed by atoms with E-state index in [1.807, 2.05) is 0 Å².